The first kappa shape index (κ1) is 14.5. The lowest BCUT2D eigenvalue weighted by atomic mass is 10.1. The fourth-order valence-electron chi connectivity index (χ4n) is 2.15. The fraction of sp³-hybridized carbons (Fsp3) is 0.0526. The number of benzene rings is 3. The average Bonchev–Trinajstić information content (AvgIpc) is 2.58. The molecule has 3 aromatic rings. The van der Waals surface area contributed by atoms with E-state index in [0.29, 0.717) is 0 Å². The Bertz CT molecular complexity index is 732. The molecule has 0 saturated carbocycles. The molecular formula is C19H16O2S. The summed E-state index contributed by atoms with van der Waals surface area (Å²) in [4.78, 5) is 0.919. The zero-order chi connectivity index (χ0) is 15.4. The summed E-state index contributed by atoms with van der Waals surface area (Å²) in [7, 11) is 1.67. The molecule has 22 heavy (non-hydrogen) atoms. The highest BCUT2D eigenvalue weighted by atomic mass is 32.1. The van der Waals surface area contributed by atoms with Gasteiger partial charge in [0.05, 0.1) is 7.11 Å². The van der Waals surface area contributed by atoms with E-state index in [0.717, 1.165) is 33.3 Å². The van der Waals surface area contributed by atoms with Gasteiger partial charge in [0.1, 0.15) is 17.2 Å². The van der Waals surface area contributed by atoms with E-state index in [9.17, 15) is 0 Å². The molecule has 0 aliphatic carbocycles. The molecule has 0 fully saturated rings. The van der Waals surface area contributed by atoms with E-state index in [-0.39, 0.29) is 0 Å². The van der Waals surface area contributed by atoms with Crippen molar-refractivity contribution in [2.24, 2.45) is 0 Å². The molecule has 0 unspecified atom stereocenters. The van der Waals surface area contributed by atoms with Crippen LogP contribution in [0.5, 0.6) is 17.2 Å². The number of thiol groups is 1. The van der Waals surface area contributed by atoms with Crippen molar-refractivity contribution in [2.75, 3.05) is 7.11 Å². The molecule has 0 spiro atoms. The minimum absolute atomic E-state index is 0.801. The van der Waals surface area contributed by atoms with Crippen LogP contribution in [0.4, 0.5) is 0 Å². The third-order valence-electron chi connectivity index (χ3n) is 3.35. The van der Waals surface area contributed by atoms with E-state index in [2.05, 4.69) is 12.6 Å². The first-order valence-electron chi connectivity index (χ1n) is 6.96. The summed E-state index contributed by atoms with van der Waals surface area (Å²) in [5.74, 6) is 2.47. The van der Waals surface area contributed by atoms with Crippen molar-refractivity contribution in [3.8, 4) is 28.4 Å². The predicted molar refractivity (Wildman–Crippen MR) is 92.2 cm³/mol. The normalized spacial score (nSPS) is 10.3. The molecule has 0 amide bonds. The van der Waals surface area contributed by atoms with Crippen LogP contribution in [0.2, 0.25) is 0 Å². The van der Waals surface area contributed by atoms with Crippen molar-refractivity contribution >= 4 is 12.6 Å². The molecule has 0 radical (unpaired) electrons. The maximum Gasteiger partial charge on any atom is 0.127 e. The second kappa shape index (κ2) is 6.58. The van der Waals surface area contributed by atoms with Crippen LogP contribution in [0.1, 0.15) is 0 Å². The highest BCUT2D eigenvalue weighted by Crippen LogP contribution is 2.27. The van der Waals surface area contributed by atoms with Gasteiger partial charge in [-0.3, -0.25) is 0 Å². The Morgan fingerprint density at radius 3 is 1.45 bits per heavy atom. The Kier molecular flexibility index (Phi) is 4.35. The van der Waals surface area contributed by atoms with Crippen LogP contribution in [-0.2, 0) is 0 Å². The number of ether oxygens (including phenoxy) is 2. The second-order valence-corrected chi connectivity index (χ2v) is 5.37. The van der Waals surface area contributed by atoms with Crippen molar-refractivity contribution in [3.05, 3.63) is 72.8 Å². The fourth-order valence-corrected chi connectivity index (χ4v) is 2.30. The van der Waals surface area contributed by atoms with Crippen LogP contribution in [-0.4, -0.2) is 7.11 Å². The lowest BCUT2D eigenvalue weighted by Gasteiger charge is -2.08. The van der Waals surface area contributed by atoms with E-state index >= 15 is 0 Å². The van der Waals surface area contributed by atoms with Gasteiger partial charge in [0.2, 0.25) is 0 Å². The summed E-state index contributed by atoms with van der Waals surface area (Å²) in [6.45, 7) is 0. The van der Waals surface area contributed by atoms with E-state index in [1.807, 2.05) is 72.8 Å². The predicted octanol–water partition coefficient (Wildman–Crippen LogP) is 5.44. The molecule has 0 saturated heterocycles. The zero-order valence-electron chi connectivity index (χ0n) is 12.2. The number of methoxy groups -OCH3 is 1. The van der Waals surface area contributed by atoms with Gasteiger partial charge < -0.3 is 9.47 Å². The second-order valence-electron chi connectivity index (χ2n) is 4.85. The van der Waals surface area contributed by atoms with Crippen LogP contribution in [0.25, 0.3) is 11.1 Å². The van der Waals surface area contributed by atoms with Crippen molar-refractivity contribution in [3.63, 3.8) is 0 Å². The van der Waals surface area contributed by atoms with Crippen molar-refractivity contribution in [2.45, 2.75) is 4.90 Å². The Labute approximate surface area is 135 Å². The van der Waals surface area contributed by atoms with Gasteiger partial charge in [-0.2, -0.15) is 0 Å². The molecule has 2 nitrogen and oxygen atoms in total. The molecular weight excluding hydrogens is 292 g/mol. The molecule has 0 bridgehead atoms. The maximum atomic E-state index is 5.81. The topological polar surface area (TPSA) is 18.5 Å². The Hall–Kier alpha value is -2.39. The summed E-state index contributed by atoms with van der Waals surface area (Å²) in [5, 5.41) is 0. The van der Waals surface area contributed by atoms with Gasteiger partial charge in [-0.1, -0.05) is 24.3 Å². The summed E-state index contributed by atoms with van der Waals surface area (Å²) in [6.07, 6.45) is 0. The van der Waals surface area contributed by atoms with Gasteiger partial charge in [0.15, 0.2) is 0 Å². The van der Waals surface area contributed by atoms with Crippen molar-refractivity contribution in [1.29, 1.82) is 0 Å². The number of hydrogen-bond donors (Lipinski definition) is 1. The van der Waals surface area contributed by atoms with Gasteiger partial charge >= 0.3 is 0 Å². The zero-order valence-corrected chi connectivity index (χ0v) is 13.1. The third-order valence-corrected chi connectivity index (χ3v) is 3.65. The van der Waals surface area contributed by atoms with E-state index in [1.54, 1.807) is 7.11 Å². The van der Waals surface area contributed by atoms with Crippen LogP contribution < -0.4 is 9.47 Å². The Balaban J connectivity index is 1.75. The Morgan fingerprint density at radius 1 is 0.591 bits per heavy atom. The van der Waals surface area contributed by atoms with E-state index in [1.165, 1.54) is 0 Å². The van der Waals surface area contributed by atoms with Crippen molar-refractivity contribution < 1.29 is 9.47 Å². The van der Waals surface area contributed by atoms with Gasteiger partial charge in [-0.05, 0) is 59.7 Å². The molecule has 0 heterocycles. The molecule has 0 aromatic heterocycles. The van der Waals surface area contributed by atoms with E-state index in [4.69, 9.17) is 9.47 Å². The summed E-state index contributed by atoms with van der Waals surface area (Å²) in [6, 6.07) is 23.6. The molecule has 0 atom stereocenters. The Morgan fingerprint density at radius 2 is 1.00 bits per heavy atom. The minimum atomic E-state index is 0.801. The molecule has 0 N–H and O–H groups in total. The molecule has 3 aromatic carbocycles. The first-order chi connectivity index (χ1) is 10.7. The van der Waals surface area contributed by atoms with Gasteiger partial charge in [0.25, 0.3) is 0 Å². The maximum absolute atomic E-state index is 5.81. The minimum Gasteiger partial charge on any atom is -0.497 e. The molecule has 3 heteroatoms. The molecule has 0 aliphatic rings. The van der Waals surface area contributed by atoms with Crippen molar-refractivity contribution in [1.82, 2.24) is 0 Å². The molecule has 110 valence electrons. The standard InChI is InChI=1S/C19H16O2S/c1-20-16-6-2-14(3-7-16)15-4-8-17(9-5-15)21-18-10-12-19(22)13-11-18/h2-13,22H,1H3. The highest BCUT2D eigenvalue weighted by molar-refractivity contribution is 7.80. The molecule has 3 rings (SSSR count). The largest absolute Gasteiger partial charge is 0.497 e. The SMILES string of the molecule is COc1ccc(-c2ccc(Oc3ccc(S)cc3)cc2)cc1. The van der Waals surface area contributed by atoms with Crippen LogP contribution in [0.3, 0.4) is 0 Å². The van der Waals surface area contributed by atoms with Gasteiger partial charge in [-0.25, -0.2) is 0 Å². The lowest BCUT2D eigenvalue weighted by molar-refractivity contribution is 0.415. The lowest BCUT2D eigenvalue weighted by Crippen LogP contribution is -1.85. The monoisotopic (exact) mass is 308 g/mol. The van der Waals surface area contributed by atoms with Crippen LogP contribution >= 0.6 is 12.6 Å². The van der Waals surface area contributed by atoms with Crippen LogP contribution in [0.15, 0.2) is 77.7 Å². The van der Waals surface area contributed by atoms with Gasteiger partial charge in [0, 0.05) is 4.90 Å². The average molecular weight is 308 g/mol. The third kappa shape index (κ3) is 3.43. The number of rotatable bonds is 4. The summed E-state index contributed by atoms with van der Waals surface area (Å²) < 4.78 is 11.0. The smallest absolute Gasteiger partial charge is 0.127 e. The summed E-state index contributed by atoms with van der Waals surface area (Å²) in [5.41, 5.74) is 2.28. The van der Waals surface area contributed by atoms with Crippen LogP contribution in [0, 0.1) is 0 Å². The quantitative estimate of drug-likeness (QED) is 0.647. The van der Waals surface area contributed by atoms with E-state index < -0.39 is 0 Å². The first-order valence-corrected chi connectivity index (χ1v) is 7.41. The van der Waals surface area contributed by atoms with Gasteiger partial charge in [-0.15, -0.1) is 12.6 Å². The molecule has 0 aliphatic heterocycles. The summed E-state index contributed by atoms with van der Waals surface area (Å²) >= 11 is 4.26. The number of hydrogen-bond acceptors (Lipinski definition) is 3. The highest BCUT2D eigenvalue weighted by Gasteiger charge is 2.01.